The van der Waals surface area contributed by atoms with Gasteiger partial charge in [0.05, 0.1) is 5.02 Å². The molecule has 1 heterocycles. The van der Waals surface area contributed by atoms with Gasteiger partial charge in [0, 0.05) is 7.05 Å². The van der Waals surface area contributed by atoms with Gasteiger partial charge in [0.15, 0.2) is 0 Å². The molecule has 0 spiro atoms. The Hall–Kier alpha value is -1.20. The number of carbonyl (C=O) groups is 2. The molecule has 1 amide bonds. The number of nitrogens with one attached hydrogen (secondary N) is 1. The van der Waals surface area contributed by atoms with Crippen molar-refractivity contribution in [2.24, 2.45) is 7.05 Å². The number of rotatable bonds is 3. The molecule has 0 aliphatic carbocycles. The minimum Gasteiger partial charge on any atom is -0.480 e. The van der Waals surface area contributed by atoms with Crippen LogP contribution in [-0.4, -0.2) is 27.6 Å². The van der Waals surface area contributed by atoms with Crippen molar-refractivity contribution in [1.82, 2.24) is 9.88 Å². The van der Waals surface area contributed by atoms with Crippen molar-refractivity contribution in [2.75, 3.05) is 0 Å². The first-order valence-electron chi connectivity index (χ1n) is 4.39. The fourth-order valence-corrected chi connectivity index (χ4v) is 1.47. The third-order valence-corrected chi connectivity index (χ3v) is 2.91. The first kappa shape index (κ1) is 12.9. The van der Waals surface area contributed by atoms with Crippen molar-refractivity contribution in [3.05, 3.63) is 21.9 Å². The lowest BCUT2D eigenvalue weighted by molar-refractivity contribution is -0.138. The van der Waals surface area contributed by atoms with Gasteiger partial charge in [-0.2, -0.15) is 0 Å². The highest BCUT2D eigenvalue weighted by Crippen LogP contribution is 2.24. The molecule has 7 heteroatoms. The van der Waals surface area contributed by atoms with E-state index in [9.17, 15) is 9.59 Å². The lowest BCUT2D eigenvalue weighted by atomic mass is 10.3. The number of amides is 1. The first-order valence-corrected chi connectivity index (χ1v) is 5.14. The highest BCUT2D eigenvalue weighted by molar-refractivity contribution is 6.41. The van der Waals surface area contributed by atoms with Crippen molar-refractivity contribution in [2.45, 2.75) is 13.0 Å². The summed E-state index contributed by atoms with van der Waals surface area (Å²) in [7, 11) is 1.56. The predicted molar refractivity (Wildman–Crippen MR) is 60.0 cm³/mol. The third-order valence-electron chi connectivity index (χ3n) is 2.07. The van der Waals surface area contributed by atoms with Gasteiger partial charge in [0.25, 0.3) is 5.91 Å². The summed E-state index contributed by atoms with van der Waals surface area (Å²) in [6, 6.07) is 0.410. The smallest absolute Gasteiger partial charge is 0.325 e. The molecule has 1 aromatic rings. The molecule has 0 aliphatic rings. The second-order valence-electron chi connectivity index (χ2n) is 3.26. The number of aromatic nitrogens is 1. The van der Waals surface area contributed by atoms with Gasteiger partial charge in [-0.3, -0.25) is 9.59 Å². The number of hydrogen-bond acceptors (Lipinski definition) is 2. The normalized spacial score (nSPS) is 12.2. The zero-order valence-electron chi connectivity index (χ0n) is 8.62. The van der Waals surface area contributed by atoms with E-state index in [0.29, 0.717) is 0 Å². The summed E-state index contributed by atoms with van der Waals surface area (Å²) >= 11 is 11.5. The molecule has 0 bridgehead atoms. The second kappa shape index (κ2) is 4.76. The number of carboxylic acids is 1. The Balaban J connectivity index is 2.89. The van der Waals surface area contributed by atoms with E-state index in [2.05, 4.69) is 5.32 Å². The molecule has 0 radical (unpaired) electrons. The number of aliphatic carboxylic acids is 1. The highest BCUT2D eigenvalue weighted by atomic mass is 35.5. The average Bonchev–Trinajstić information content (AvgIpc) is 2.45. The van der Waals surface area contributed by atoms with E-state index < -0.39 is 17.9 Å². The van der Waals surface area contributed by atoms with E-state index in [1.165, 1.54) is 17.6 Å². The second-order valence-corrected chi connectivity index (χ2v) is 4.03. The molecule has 0 unspecified atom stereocenters. The van der Waals surface area contributed by atoms with E-state index in [1.807, 2.05) is 0 Å². The molecule has 0 saturated heterocycles. The summed E-state index contributed by atoms with van der Waals surface area (Å²) in [4.78, 5) is 22.2. The Kier molecular flexibility index (Phi) is 3.83. The van der Waals surface area contributed by atoms with Gasteiger partial charge in [-0.1, -0.05) is 23.2 Å². The minimum atomic E-state index is -1.11. The van der Waals surface area contributed by atoms with Crippen molar-refractivity contribution in [1.29, 1.82) is 0 Å². The minimum absolute atomic E-state index is 0.211. The van der Waals surface area contributed by atoms with Gasteiger partial charge < -0.3 is 15.0 Å². The lowest BCUT2D eigenvalue weighted by Gasteiger charge is -2.09. The summed E-state index contributed by atoms with van der Waals surface area (Å²) < 4.78 is 1.38. The molecule has 0 aromatic carbocycles. The monoisotopic (exact) mass is 264 g/mol. The van der Waals surface area contributed by atoms with Gasteiger partial charge in [-0.25, -0.2) is 0 Å². The molecule has 0 fully saturated rings. The maximum absolute atomic E-state index is 11.6. The Bertz CT molecular complexity index is 442. The van der Waals surface area contributed by atoms with Crippen LogP contribution in [0.5, 0.6) is 0 Å². The fraction of sp³-hybridized carbons (Fsp3) is 0.333. The van der Waals surface area contributed by atoms with Crippen LogP contribution in [0.1, 0.15) is 17.4 Å². The van der Waals surface area contributed by atoms with E-state index >= 15 is 0 Å². The Morgan fingerprint density at radius 2 is 2.06 bits per heavy atom. The summed E-state index contributed by atoms with van der Waals surface area (Å²) in [6.07, 6.45) is 0. The van der Waals surface area contributed by atoms with E-state index in [1.54, 1.807) is 7.05 Å². The molecular weight excluding hydrogens is 255 g/mol. The maximum Gasteiger partial charge on any atom is 0.325 e. The van der Waals surface area contributed by atoms with Crippen LogP contribution in [0.25, 0.3) is 0 Å². The van der Waals surface area contributed by atoms with Gasteiger partial charge in [0.2, 0.25) is 0 Å². The van der Waals surface area contributed by atoms with Gasteiger partial charge in [-0.15, -0.1) is 0 Å². The quantitative estimate of drug-likeness (QED) is 0.870. The van der Waals surface area contributed by atoms with Crippen LogP contribution >= 0.6 is 23.2 Å². The summed E-state index contributed by atoms with van der Waals surface area (Å²) in [6.45, 7) is 1.37. The van der Waals surface area contributed by atoms with Gasteiger partial charge in [0.1, 0.15) is 16.9 Å². The van der Waals surface area contributed by atoms with Gasteiger partial charge >= 0.3 is 5.97 Å². The van der Waals surface area contributed by atoms with E-state index in [4.69, 9.17) is 28.3 Å². The molecule has 1 atom stereocenters. The molecule has 1 aromatic heterocycles. The first-order chi connectivity index (χ1) is 7.34. The SMILES string of the molecule is C[C@@H](NC(=O)c1cc(Cl)c(Cl)n1C)C(=O)O. The summed E-state index contributed by atoms with van der Waals surface area (Å²) in [5.41, 5.74) is 0.211. The van der Waals surface area contributed by atoms with Crippen LogP contribution in [0.3, 0.4) is 0 Å². The van der Waals surface area contributed by atoms with Crippen LogP contribution < -0.4 is 5.32 Å². The molecule has 0 saturated carbocycles. The third kappa shape index (κ3) is 2.48. The van der Waals surface area contributed by atoms with Gasteiger partial charge in [-0.05, 0) is 13.0 Å². The van der Waals surface area contributed by atoms with Crippen LogP contribution in [0.2, 0.25) is 10.2 Å². The van der Waals surface area contributed by atoms with Crippen LogP contribution in [0, 0.1) is 0 Å². The molecule has 2 N–H and O–H groups in total. The summed E-state index contributed by atoms with van der Waals surface area (Å²) in [5.74, 6) is -1.65. The van der Waals surface area contributed by atoms with Crippen molar-refractivity contribution in [3.8, 4) is 0 Å². The number of carboxylic acid groups (broad SMARTS) is 1. The van der Waals surface area contributed by atoms with Crippen molar-refractivity contribution >= 4 is 35.1 Å². The standard InChI is InChI=1S/C9H10Cl2N2O3/c1-4(9(15)16)12-8(14)6-3-5(10)7(11)13(6)2/h3-4H,1-2H3,(H,12,14)(H,15,16)/t4-/m1/s1. The largest absolute Gasteiger partial charge is 0.480 e. The van der Waals surface area contributed by atoms with Crippen LogP contribution in [-0.2, 0) is 11.8 Å². The Morgan fingerprint density at radius 1 is 1.50 bits per heavy atom. The zero-order valence-corrected chi connectivity index (χ0v) is 10.1. The fourth-order valence-electron chi connectivity index (χ4n) is 1.09. The topological polar surface area (TPSA) is 71.3 Å². The molecular formula is C9H10Cl2N2O3. The number of hydrogen-bond donors (Lipinski definition) is 2. The average molecular weight is 265 g/mol. The number of carbonyl (C=O) groups excluding carboxylic acids is 1. The van der Waals surface area contributed by atoms with Crippen molar-refractivity contribution < 1.29 is 14.7 Å². The molecule has 16 heavy (non-hydrogen) atoms. The maximum atomic E-state index is 11.6. The number of halogens is 2. The molecule has 0 aliphatic heterocycles. The molecule has 1 rings (SSSR count). The lowest BCUT2D eigenvalue weighted by Crippen LogP contribution is -2.39. The number of nitrogens with zero attached hydrogens (tertiary/aromatic N) is 1. The van der Waals surface area contributed by atoms with E-state index in [0.717, 1.165) is 0 Å². The molecule has 5 nitrogen and oxygen atoms in total. The Morgan fingerprint density at radius 3 is 2.44 bits per heavy atom. The Labute approximate surface area is 102 Å². The van der Waals surface area contributed by atoms with Crippen LogP contribution in [0.4, 0.5) is 0 Å². The zero-order chi connectivity index (χ0) is 12.5. The highest BCUT2D eigenvalue weighted by Gasteiger charge is 2.19. The summed E-state index contributed by atoms with van der Waals surface area (Å²) in [5, 5.41) is 11.4. The molecule has 88 valence electrons. The predicted octanol–water partition coefficient (Wildman–Crippen LogP) is 1.53. The van der Waals surface area contributed by atoms with Crippen LogP contribution in [0.15, 0.2) is 6.07 Å². The van der Waals surface area contributed by atoms with Crippen molar-refractivity contribution in [3.63, 3.8) is 0 Å². The van der Waals surface area contributed by atoms with E-state index in [-0.39, 0.29) is 15.9 Å².